The number of nitrogens with two attached hydrogens (primary N) is 1. The number of nitrogens with one attached hydrogen (secondary N) is 1. The molecule has 2 aromatic rings. The van der Waals surface area contributed by atoms with Gasteiger partial charge in [0, 0.05) is 5.69 Å². The van der Waals surface area contributed by atoms with E-state index in [1.165, 1.54) is 44.6 Å². The van der Waals surface area contributed by atoms with E-state index >= 15 is 0 Å². The Morgan fingerprint density at radius 2 is 1.59 bits per heavy atom. The van der Waals surface area contributed by atoms with E-state index in [1.54, 1.807) is 0 Å². The Hall–Kier alpha value is -1.55. The minimum Gasteiger partial charge on any atom is -1.00 e. The first-order valence-corrected chi connectivity index (χ1v) is 7.28. The van der Waals surface area contributed by atoms with Crippen LogP contribution < -0.4 is 49.5 Å². The minimum atomic E-state index is -3.82. The zero-order chi connectivity index (χ0) is 15.5. The van der Waals surface area contributed by atoms with Gasteiger partial charge in [-0.2, -0.15) is 9.97 Å². The van der Waals surface area contributed by atoms with Gasteiger partial charge in [0.05, 0.1) is 25.2 Å². The summed E-state index contributed by atoms with van der Waals surface area (Å²) in [6.07, 6.45) is 0. The van der Waals surface area contributed by atoms with Gasteiger partial charge in [-0.15, -0.1) is 0 Å². The average Bonchev–Trinajstić information content (AvgIpc) is 2.46. The van der Waals surface area contributed by atoms with Crippen LogP contribution in [0.5, 0.6) is 11.8 Å². The summed E-state index contributed by atoms with van der Waals surface area (Å²) in [6.45, 7) is 0. The molecule has 0 radical (unpaired) electrons. The summed E-state index contributed by atoms with van der Waals surface area (Å²) in [5, 5.41) is 0. The molecule has 1 heterocycles. The molecular weight excluding hydrogens is 319 g/mol. The van der Waals surface area contributed by atoms with E-state index < -0.39 is 10.0 Å². The third-order valence-electron chi connectivity index (χ3n) is 2.51. The number of anilines is 2. The van der Waals surface area contributed by atoms with Crippen molar-refractivity contribution in [3.8, 4) is 11.8 Å². The zero-order valence-corrected chi connectivity index (χ0v) is 15.2. The van der Waals surface area contributed by atoms with Crippen molar-refractivity contribution in [3.05, 3.63) is 30.3 Å². The molecule has 0 spiro atoms. The van der Waals surface area contributed by atoms with Crippen molar-refractivity contribution in [1.82, 2.24) is 9.97 Å². The number of nitrogens with zero attached hydrogens (tertiary/aromatic N) is 2. The number of ether oxygens (including phenoxy) is 2. The van der Waals surface area contributed by atoms with Crippen molar-refractivity contribution in [1.29, 1.82) is 0 Å². The van der Waals surface area contributed by atoms with Gasteiger partial charge in [0.2, 0.25) is 17.7 Å². The van der Waals surface area contributed by atoms with E-state index in [2.05, 4.69) is 14.7 Å². The van der Waals surface area contributed by atoms with Crippen LogP contribution in [-0.4, -0.2) is 32.6 Å². The second kappa shape index (κ2) is 7.63. The standard InChI is InChI=1S/C12H14N4O4S.Na.H/c1-19-10-7-11(20-2)15-12(14-10)16-21(17,18)9-5-3-8(13)4-6-9;;/h3-7H,13H2,1-2H3,(H,14,15,16);;/q;+1;-1. The summed E-state index contributed by atoms with van der Waals surface area (Å²) in [5.41, 5.74) is 5.99. The second-order valence-corrected chi connectivity index (χ2v) is 5.63. The van der Waals surface area contributed by atoms with Crippen LogP contribution in [0.1, 0.15) is 1.43 Å². The van der Waals surface area contributed by atoms with Crippen LogP contribution in [0.15, 0.2) is 35.2 Å². The van der Waals surface area contributed by atoms with Gasteiger partial charge in [-0.25, -0.2) is 13.1 Å². The molecule has 0 unspecified atom stereocenters. The molecule has 0 bridgehead atoms. The summed E-state index contributed by atoms with van der Waals surface area (Å²) in [6, 6.07) is 7.17. The molecule has 1 aromatic carbocycles. The first kappa shape index (κ1) is 18.5. The van der Waals surface area contributed by atoms with E-state index in [1.807, 2.05) is 0 Å². The molecule has 10 heteroatoms. The van der Waals surface area contributed by atoms with Gasteiger partial charge in [-0.3, -0.25) is 0 Å². The van der Waals surface area contributed by atoms with Crippen LogP contribution in [0, 0.1) is 0 Å². The Morgan fingerprint density at radius 1 is 1.09 bits per heavy atom. The number of rotatable bonds is 5. The summed E-state index contributed by atoms with van der Waals surface area (Å²) >= 11 is 0. The number of sulfonamides is 1. The number of aromatic nitrogens is 2. The Labute approximate surface area is 151 Å². The molecule has 8 nitrogen and oxygen atoms in total. The number of methoxy groups -OCH3 is 2. The van der Waals surface area contributed by atoms with Gasteiger partial charge in [0.25, 0.3) is 10.0 Å². The Kier molecular flexibility index (Phi) is 6.42. The molecule has 22 heavy (non-hydrogen) atoms. The first-order valence-electron chi connectivity index (χ1n) is 5.80. The maximum Gasteiger partial charge on any atom is 1.00 e. The monoisotopic (exact) mass is 334 g/mol. The van der Waals surface area contributed by atoms with Crippen LogP contribution >= 0.6 is 0 Å². The molecule has 2 rings (SSSR count). The Balaban J connectivity index is 0.00000242. The number of benzene rings is 1. The van der Waals surface area contributed by atoms with Gasteiger partial charge >= 0.3 is 29.6 Å². The quantitative estimate of drug-likeness (QED) is 0.479. The van der Waals surface area contributed by atoms with Crippen LogP contribution in [0.3, 0.4) is 0 Å². The van der Waals surface area contributed by atoms with Gasteiger partial charge in [-0.05, 0) is 24.3 Å². The van der Waals surface area contributed by atoms with Crippen molar-refractivity contribution in [2.24, 2.45) is 0 Å². The van der Waals surface area contributed by atoms with E-state index in [0.717, 1.165) is 0 Å². The normalized spacial score (nSPS) is 10.5. The molecule has 0 aliphatic heterocycles. The van der Waals surface area contributed by atoms with Gasteiger partial charge in [-0.1, -0.05) is 0 Å². The van der Waals surface area contributed by atoms with E-state index in [-0.39, 0.29) is 53.6 Å². The second-order valence-electron chi connectivity index (χ2n) is 3.95. The van der Waals surface area contributed by atoms with Crippen molar-refractivity contribution >= 4 is 21.7 Å². The predicted octanol–water partition coefficient (Wildman–Crippen LogP) is -2.01. The zero-order valence-electron chi connectivity index (χ0n) is 13.4. The summed E-state index contributed by atoms with van der Waals surface area (Å²) < 4.78 is 36.6. The van der Waals surface area contributed by atoms with Gasteiger partial charge in [0.1, 0.15) is 0 Å². The van der Waals surface area contributed by atoms with E-state index in [9.17, 15) is 8.42 Å². The largest absolute Gasteiger partial charge is 1.00 e. The third kappa shape index (κ3) is 4.47. The fourth-order valence-corrected chi connectivity index (χ4v) is 2.43. The summed E-state index contributed by atoms with van der Waals surface area (Å²) in [7, 11) is -1.02. The summed E-state index contributed by atoms with van der Waals surface area (Å²) in [5.74, 6) is 0.205. The molecule has 0 saturated heterocycles. The molecule has 0 fully saturated rings. The predicted molar refractivity (Wildman–Crippen MR) is 77.9 cm³/mol. The van der Waals surface area contributed by atoms with Crippen LogP contribution in [-0.2, 0) is 10.0 Å². The van der Waals surface area contributed by atoms with Crippen LogP contribution in [0.4, 0.5) is 11.6 Å². The smallest absolute Gasteiger partial charge is 1.00 e. The Bertz CT molecular complexity index is 721. The van der Waals surface area contributed by atoms with E-state index in [4.69, 9.17) is 15.2 Å². The molecule has 0 atom stereocenters. The van der Waals surface area contributed by atoms with Crippen molar-refractivity contribution in [2.45, 2.75) is 4.90 Å². The van der Waals surface area contributed by atoms with Gasteiger partial charge < -0.3 is 16.6 Å². The SMILES string of the molecule is COc1cc(OC)nc(NS(=O)(=O)c2ccc(N)cc2)n1.[H-].[Na+]. The molecule has 0 aliphatic rings. The van der Waals surface area contributed by atoms with Crippen molar-refractivity contribution in [2.75, 3.05) is 24.7 Å². The molecule has 114 valence electrons. The van der Waals surface area contributed by atoms with E-state index in [0.29, 0.717) is 5.69 Å². The molecule has 0 aliphatic carbocycles. The van der Waals surface area contributed by atoms with Crippen molar-refractivity contribution in [3.63, 3.8) is 0 Å². The molecule has 3 N–H and O–H groups in total. The topological polar surface area (TPSA) is 116 Å². The maximum absolute atomic E-state index is 12.2. The molecule has 0 amide bonds. The van der Waals surface area contributed by atoms with Crippen LogP contribution in [0.25, 0.3) is 0 Å². The van der Waals surface area contributed by atoms with Crippen LogP contribution in [0.2, 0.25) is 0 Å². The molecule has 0 saturated carbocycles. The summed E-state index contributed by atoms with van der Waals surface area (Å²) in [4.78, 5) is 7.84. The molecule has 1 aromatic heterocycles. The fraction of sp³-hybridized carbons (Fsp3) is 0.167. The average molecular weight is 334 g/mol. The number of nitrogen functional groups attached to an aromatic ring is 1. The minimum absolute atomic E-state index is 0. The molecular formula is C12H15N4NaO4S. The number of hydrogen-bond donors (Lipinski definition) is 2. The van der Waals surface area contributed by atoms with Gasteiger partial charge in [0.15, 0.2) is 0 Å². The maximum atomic E-state index is 12.2. The van der Waals surface area contributed by atoms with Crippen molar-refractivity contribution < 1.29 is 48.9 Å². The third-order valence-corrected chi connectivity index (χ3v) is 3.86. The first-order chi connectivity index (χ1) is 9.94. The Morgan fingerprint density at radius 3 is 2.05 bits per heavy atom. The number of hydrogen-bond acceptors (Lipinski definition) is 7. The fourth-order valence-electron chi connectivity index (χ4n) is 1.48.